The molecule has 1 N–H and O–H groups in total. The average Bonchev–Trinajstić information content (AvgIpc) is 3.08. The summed E-state index contributed by atoms with van der Waals surface area (Å²) in [5.41, 5.74) is 7.30. The highest BCUT2D eigenvalue weighted by Gasteiger charge is 2.14. The van der Waals surface area contributed by atoms with Crippen molar-refractivity contribution in [1.29, 1.82) is 0 Å². The fraction of sp³-hybridized carbons (Fsp3) is 0.143. The third-order valence-corrected chi connectivity index (χ3v) is 5.73. The quantitative estimate of drug-likeness (QED) is 0.332. The summed E-state index contributed by atoms with van der Waals surface area (Å²) in [5, 5.41) is 6.13. The summed E-state index contributed by atoms with van der Waals surface area (Å²) >= 11 is 0. The van der Waals surface area contributed by atoms with Gasteiger partial charge in [-0.3, -0.25) is 0 Å². The highest BCUT2D eigenvalue weighted by molar-refractivity contribution is 6.10. The average molecular weight is 391 g/mol. The second kappa shape index (κ2) is 7.07. The fourth-order valence-electron chi connectivity index (χ4n) is 4.12. The molecular weight excluding hydrogens is 364 g/mol. The van der Waals surface area contributed by atoms with Crippen LogP contribution in [0.25, 0.3) is 27.5 Å². The van der Waals surface area contributed by atoms with Gasteiger partial charge in [0.05, 0.1) is 11.0 Å². The van der Waals surface area contributed by atoms with Crippen LogP contribution >= 0.6 is 0 Å². The molecule has 0 unspecified atom stereocenters. The Balaban J connectivity index is 1.61. The minimum Gasteiger partial charge on any atom is -0.355 e. The van der Waals surface area contributed by atoms with Crippen LogP contribution in [0.5, 0.6) is 0 Å². The molecule has 0 aliphatic heterocycles. The molecule has 0 fully saturated rings. The Kier molecular flexibility index (Phi) is 4.36. The van der Waals surface area contributed by atoms with E-state index in [1.54, 1.807) is 0 Å². The number of rotatable bonds is 3. The van der Waals surface area contributed by atoms with Crippen molar-refractivity contribution in [3.63, 3.8) is 0 Å². The van der Waals surface area contributed by atoms with E-state index in [9.17, 15) is 0 Å². The van der Waals surface area contributed by atoms with E-state index in [4.69, 9.17) is 0 Å². The Morgan fingerprint density at radius 3 is 1.97 bits per heavy atom. The molecule has 0 aliphatic carbocycles. The van der Waals surface area contributed by atoms with Crippen molar-refractivity contribution in [2.75, 3.05) is 5.32 Å². The van der Waals surface area contributed by atoms with Crippen LogP contribution in [-0.4, -0.2) is 4.57 Å². The van der Waals surface area contributed by atoms with E-state index in [1.165, 1.54) is 33.1 Å². The van der Waals surface area contributed by atoms with Crippen molar-refractivity contribution in [3.05, 3.63) is 103 Å². The number of benzene rings is 4. The third-order valence-electron chi connectivity index (χ3n) is 5.73. The maximum atomic E-state index is 3.58. The summed E-state index contributed by atoms with van der Waals surface area (Å²) in [6.45, 7) is 6.73. The number of anilines is 2. The molecule has 0 aliphatic rings. The van der Waals surface area contributed by atoms with E-state index >= 15 is 0 Å². The first-order valence-corrected chi connectivity index (χ1v) is 10.5. The molecule has 148 valence electrons. The summed E-state index contributed by atoms with van der Waals surface area (Å²) in [6.07, 6.45) is 0. The molecule has 0 atom stereocenters. The van der Waals surface area contributed by atoms with E-state index < -0.39 is 0 Å². The van der Waals surface area contributed by atoms with Crippen molar-refractivity contribution in [2.24, 2.45) is 0 Å². The van der Waals surface area contributed by atoms with Gasteiger partial charge in [-0.1, -0.05) is 75.4 Å². The lowest BCUT2D eigenvalue weighted by atomic mass is 9.87. The van der Waals surface area contributed by atoms with Crippen molar-refractivity contribution in [3.8, 4) is 5.69 Å². The van der Waals surface area contributed by atoms with Crippen molar-refractivity contribution in [1.82, 2.24) is 4.57 Å². The van der Waals surface area contributed by atoms with Gasteiger partial charge >= 0.3 is 0 Å². The minimum atomic E-state index is 0.161. The van der Waals surface area contributed by atoms with Gasteiger partial charge in [-0.2, -0.15) is 0 Å². The molecule has 1 aromatic heterocycles. The van der Waals surface area contributed by atoms with Gasteiger partial charge in [-0.15, -0.1) is 0 Å². The topological polar surface area (TPSA) is 17.0 Å². The smallest absolute Gasteiger partial charge is 0.0561 e. The lowest BCUT2D eigenvalue weighted by Crippen LogP contribution is -2.10. The Hall–Kier alpha value is -3.52. The molecule has 0 bridgehead atoms. The summed E-state index contributed by atoms with van der Waals surface area (Å²) < 4.78 is 2.35. The first-order chi connectivity index (χ1) is 14.5. The van der Waals surface area contributed by atoms with E-state index in [2.05, 4.69) is 128 Å². The Bertz CT molecular complexity index is 1320. The Morgan fingerprint density at radius 2 is 1.23 bits per heavy atom. The van der Waals surface area contributed by atoms with Gasteiger partial charge < -0.3 is 9.88 Å². The first-order valence-electron chi connectivity index (χ1n) is 10.5. The molecular formula is C28H26N2. The number of fused-ring (bicyclic) bond motifs is 3. The number of hydrogen-bond donors (Lipinski definition) is 1. The molecule has 5 aromatic rings. The van der Waals surface area contributed by atoms with Gasteiger partial charge in [0.15, 0.2) is 0 Å². The van der Waals surface area contributed by atoms with Crippen LogP contribution in [0.15, 0.2) is 97.1 Å². The maximum absolute atomic E-state index is 3.58. The first kappa shape index (κ1) is 18.5. The van der Waals surface area contributed by atoms with Gasteiger partial charge in [0, 0.05) is 27.8 Å². The maximum Gasteiger partial charge on any atom is 0.0561 e. The molecule has 2 nitrogen and oxygen atoms in total. The van der Waals surface area contributed by atoms with Gasteiger partial charge in [-0.25, -0.2) is 0 Å². The molecule has 2 heteroatoms. The van der Waals surface area contributed by atoms with E-state index in [-0.39, 0.29) is 5.41 Å². The van der Waals surface area contributed by atoms with Crippen molar-refractivity contribution >= 4 is 33.2 Å². The van der Waals surface area contributed by atoms with E-state index in [1.807, 2.05) is 0 Å². The number of hydrogen-bond acceptors (Lipinski definition) is 1. The third kappa shape index (κ3) is 3.25. The molecule has 0 saturated heterocycles. The second-order valence-corrected chi connectivity index (χ2v) is 8.87. The Morgan fingerprint density at radius 1 is 0.600 bits per heavy atom. The molecule has 0 amide bonds. The van der Waals surface area contributed by atoms with Gasteiger partial charge in [0.2, 0.25) is 0 Å². The zero-order valence-corrected chi connectivity index (χ0v) is 17.7. The lowest BCUT2D eigenvalue weighted by molar-refractivity contribution is 0.590. The van der Waals surface area contributed by atoms with Gasteiger partial charge in [-0.05, 0) is 53.4 Å². The SMILES string of the molecule is CC(C)(C)c1ccc(Nc2ccc3c4ccccc4n(-c4ccccc4)c3c2)cc1. The summed E-state index contributed by atoms with van der Waals surface area (Å²) in [7, 11) is 0. The predicted octanol–water partition coefficient (Wildman–Crippen LogP) is 7.82. The van der Waals surface area contributed by atoms with Crippen LogP contribution in [0, 0.1) is 0 Å². The monoisotopic (exact) mass is 390 g/mol. The second-order valence-electron chi connectivity index (χ2n) is 8.87. The van der Waals surface area contributed by atoms with Gasteiger partial charge in [0.25, 0.3) is 0 Å². The largest absolute Gasteiger partial charge is 0.355 e. The van der Waals surface area contributed by atoms with Crippen LogP contribution in [0.3, 0.4) is 0 Å². The summed E-state index contributed by atoms with van der Waals surface area (Å²) in [5.74, 6) is 0. The Labute approximate surface area is 177 Å². The minimum absolute atomic E-state index is 0.161. The van der Waals surface area contributed by atoms with Gasteiger partial charge in [0.1, 0.15) is 0 Å². The van der Waals surface area contributed by atoms with Crippen molar-refractivity contribution < 1.29 is 0 Å². The fourth-order valence-corrected chi connectivity index (χ4v) is 4.12. The molecule has 5 rings (SSSR count). The zero-order chi connectivity index (χ0) is 20.7. The van der Waals surface area contributed by atoms with E-state index in [0.29, 0.717) is 0 Å². The van der Waals surface area contributed by atoms with Crippen LogP contribution in [0.1, 0.15) is 26.3 Å². The molecule has 0 radical (unpaired) electrons. The summed E-state index contributed by atoms with van der Waals surface area (Å²) in [4.78, 5) is 0. The zero-order valence-electron chi connectivity index (χ0n) is 17.7. The van der Waals surface area contributed by atoms with E-state index in [0.717, 1.165) is 11.4 Å². The van der Waals surface area contributed by atoms with Crippen LogP contribution in [0.2, 0.25) is 0 Å². The predicted molar refractivity (Wildman–Crippen MR) is 129 cm³/mol. The molecule has 0 saturated carbocycles. The van der Waals surface area contributed by atoms with Crippen LogP contribution in [0.4, 0.5) is 11.4 Å². The molecule has 0 spiro atoms. The number of nitrogens with one attached hydrogen (secondary N) is 1. The molecule has 4 aromatic carbocycles. The highest BCUT2D eigenvalue weighted by Crippen LogP contribution is 2.34. The van der Waals surface area contributed by atoms with Crippen LogP contribution < -0.4 is 5.32 Å². The van der Waals surface area contributed by atoms with Crippen LogP contribution in [-0.2, 0) is 5.41 Å². The molecule has 1 heterocycles. The standard InChI is InChI=1S/C28H26N2/c1-28(2,3)20-13-15-21(16-14-20)29-22-17-18-25-24-11-7-8-12-26(24)30(27(25)19-22)23-9-5-4-6-10-23/h4-19,29H,1-3H3. The number of para-hydroxylation sites is 2. The molecule has 30 heavy (non-hydrogen) atoms. The normalized spacial score (nSPS) is 11.8. The number of nitrogens with zero attached hydrogens (tertiary/aromatic N) is 1. The van der Waals surface area contributed by atoms with Crippen molar-refractivity contribution in [2.45, 2.75) is 26.2 Å². The number of aromatic nitrogens is 1. The highest BCUT2D eigenvalue weighted by atomic mass is 15.0. The summed E-state index contributed by atoms with van der Waals surface area (Å²) in [6, 6.07) is 34.6. The lowest BCUT2D eigenvalue weighted by Gasteiger charge is -2.19.